The van der Waals surface area contributed by atoms with Crippen LogP contribution in [0.5, 0.6) is 0 Å². The molecular formula is C28H35FN8O3. The number of ether oxygens (including phenoxy) is 2. The van der Waals surface area contributed by atoms with Gasteiger partial charge in [0.05, 0.1) is 48.6 Å². The van der Waals surface area contributed by atoms with Crippen LogP contribution in [0.3, 0.4) is 0 Å². The largest absolute Gasteiger partial charge is 0.361 e. The van der Waals surface area contributed by atoms with Crippen molar-refractivity contribution in [1.82, 2.24) is 30.2 Å². The molecule has 4 heterocycles. The molecule has 212 valence electrons. The minimum Gasteiger partial charge on any atom is -0.361 e. The van der Waals surface area contributed by atoms with Crippen LogP contribution in [0.2, 0.25) is 0 Å². The highest BCUT2D eigenvalue weighted by molar-refractivity contribution is 5.82. The number of nitrogens with zero attached hydrogens (tertiary/aromatic N) is 5. The lowest BCUT2D eigenvalue weighted by Crippen LogP contribution is -2.48. The second-order valence-electron chi connectivity index (χ2n) is 10.2. The van der Waals surface area contributed by atoms with Crippen LogP contribution in [0.15, 0.2) is 41.5 Å². The predicted octanol–water partition coefficient (Wildman–Crippen LogP) is 3.40. The Labute approximate surface area is 232 Å². The molecule has 2 aromatic heterocycles. The molecule has 3 aromatic rings. The van der Waals surface area contributed by atoms with Gasteiger partial charge in [0.1, 0.15) is 5.82 Å². The molecular weight excluding hydrogens is 515 g/mol. The van der Waals surface area contributed by atoms with E-state index in [2.05, 4.69) is 30.5 Å². The molecule has 11 nitrogen and oxygen atoms in total. The quantitative estimate of drug-likeness (QED) is 0.310. The molecule has 1 aromatic carbocycles. The average molecular weight is 551 g/mol. The molecule has 0 spiro atoms. The number of imidazole rings is 1. The van der Waals surface area contributed by atoms with Crippen molar-refractivity contribution in [2.24, 2.45) is 10.4 Å². The van der Waals surface area contributed by atoms with Gasteiger partial charge in [0.25, 0.3) is 0 Å². The number of rotatable bonds is 11. The molecule has 0 saturated carbocycles. The highest BCUT2D eigenvalue weighted by atomic mass is 19.1. The summed E-state index contributed by atoms with van der Waals surface area (Å²) in [5.41, 5.74) is 1.73. The molecule has 0 aliphatic carbocycles. The molecule has 0 unspecified atom stereocenters. The average Bonchev–Trinajstić information content (AvgIpc) is 3.66. The van der Waals surface area contributed by atoms with Crippen molar-refractivity contribution in [3.63, 3.8) is 0 Å². The van der Waals surface area contributed by atoms with Crippen LogP contribution in [0.25, 0.3) is 22.6 Å². The summed E-state index contributed by atoms with van der Waals surface area (Å²) in [5, 5.41) is 6.20. The summed E-state index contributed by atoms with van der Waals surface area (Å²) in [6, 6.07) is 7.89. The maximum atomic E-state index is 13.7. The lowest BCUT2D eigenvalue weighted by atomic mass is 9.91. The number of hydrogen-bond acceptors (Lipinski definition) is 9. The van der Waals surface area contributed by atoms with Crippen LogP contribution in [0, 0.1) is 11.2 Å². The molecule has 1 amide bonds. The van der Waals surface area contributed by atoms with Crippen LogP contribution >= 0.6 is 0 Å². The fourth-order valence-electron chi connectivity index (χ4n) is 4.51. The molecule has 5 rings (SSSR count). The minimum atomic E-state index is -0.798. The molecule has 12 heteroatoms. The van der Waals surface area contributed by atoms with E-state index in [1.54, 1.807) is 24.4 Å². The Bertz CT molecular complexity index is 1320. The Balaban J connectivity index is 1.34. The van der Waals surface area contributed by atoms with E-state index >= 15 is 0 Å². The number of carbonyl (C=O) groups excluding carboxylic acids is 1. The normalized spacial score (nSPS) is 20.6. The van der Waals surface area contributed by atoms with Crippen LogP contribution in [0.1, 0.15) is 38.8 Å². The summed E-state index contributed by atoms with van der Waals surface area (Å²) in [6.07, 6.45) is 4.54. The number of amides is 1. The summed E-state index contributed by atoms with van der Waals surface area (Å²) in [6.45, 7) is 8.22. The van der Waals surface area contributed by atoms with Gasteiger partial charge in [-0.3, -0.25) is 9.79 Å². The van der Waals surface area contributed by atoms with Gasteiger partial charge in [0, 0.05) is 37.9 Å². The fourth-order valence-corrected chi connectivity index (χ4v) is 4.51. The molecule has 1 saturated heterocycles. The Morgan fingerprint density at radius 1 is 1.18 bits per heavy atom. The van der Waals surface area contributed by atoms with Crippen LogP contribution in [-0.4, -0.2) is 83.0 Å². The van der Waals surface area contributed by atoms with E-state index in [-0.39, 0.29) is 24.9 Å². The molecule has 0 atom stereocenters. The first-order chi connectivity index (χ1) is 19.4. The van der Waals surface area contributed by atoms with Crippen molar-refractivity contribution in [2.75, 3.05) is 51.3 Å². The van der Waals surface area contributed by atoms with Crippen LogP contribution < -0.4 is 10.6 Å². The van der Waals surface area contributed by atoms with Gasteiger partial charge >= 0.3 is 0 Å². The highest BCUT2D eigenvalue weighted by Crippen LogP contribution is 2.35. The van der Waals surface area contributed by atoms with E-state index < -0.39 is 11.7 Å². The van der Waals surface area contributed by atoms with E-state index in [4.69, 9.17) is 19.4 Å². The third-order valence-electron chi connectivity index (χ3n) is 6.83. The topological polar surface area (TPSA) is 130 Å². The smallest absolute Gasteiger partial charge is 0.230 e. The Morgan fingerprint density at radius 2 is 1.98 bits per heavy atom. The summed E-state index contributed by atoms with van der Waals surface area (Å²) >= 11 is 0. The zero-order valence-electron chi connectivity index (χ0n) is 22.8. The number of aromatic amines is 1. The van der Waals surface area contributed by atoms with Crippen molar-refractivity contribution >= 4 is 18.2 Å². The summed E-state index contributed by atoms with van der Waals surface area (Å²) < 4.78 is 25.6. The number of nitrogens with one attached hydrogen (secondary N) is 3. The first-order valence-electron chi connectivity index (χ1n) is 13.6. The summed E-state index contributed by atoms with van der Waals surface area (Å²) in [5.74, 6) is 0.488. The van der Waals surface area contributed by atoms with Gasteiger partial charge in [-0.05, 0) is 50.1 Å². The minimum absolute atomic E-state index is 0.102. The van der Waals surface area contributed by atoms with Crippen LogP contribution in [0.4, 0.5) is 10.3 Å². The van der Waals surface area contributed by atoms with Gasteiger partial charge in [-0.25, -0.2) is 19.3 Å². The van der Waals surface area contributed by atoms with Crippen molar-refractivity contribution in [2.45, 2.75) is 33.0 Å². The number of anilines is 1. The fraction of sp³-hybridized carbons (Fsp3) is 0.464. The molecule has 40 heavy (non-hydrogen) atoms. The van der Waals surface area contributed by atoms with Crippen molar-refractivity contribution in [3.05, 3.63) is 48.2 Å². The van der Waals surface area contributed by atoms with E-state index in [0.717, 1.165) is 32.5 Å². The van der Waals surface area contributed by atoms with Crippen molar-refractivity contribution in [3.8, 4) is 22.6 Å². The van der Waals surface area contributed by atoms with E-state index in [1.807, 2.05) is 20.2 Å². The van der Waals surface area contributed by atoms with Crippen molar-refractivity contribution in [1.29, 1.82) is 0 Å². The Hall–Kier alpha value is -3.90. The number of halogens is 1. The van der Waals surface area contributed by atoms with Crippen LogP contribution in [-0.2, 0) is 14.3 Å². The third kappa shape index (κ3) is 6.45. The molecule has 3 N–H and O–H groups in total. The first kappa shape index (κ1) is 27.7. The summed E-state index contributed by atoms with van der Waals surface area (Å²) in [7, 11) is 0. The van der Waals surface area contributed by atoms with Gasteiger partial charge < -0.3 is 30.0 Å². The standard InChI is InChI=1S/C28H35FN8O3/c1-3-10-31-26(38)28(2)16-39-25(40-17-28)24-35-22(19-5-7-20(29)8-6-19)23(36-24)21-9-12-33-27(34-21)32-11-4-14-37-15-13-30-18-37/h5-9,12,18,25H,3-4,10-11,13-17H2,1-2H3,(H,31,38)(H,35,36)(H,32,33,34). The van der Waals surface area contributed by atoms with Gasteiger partial charge in [-0.15, -0.1) is 0 Å². The van der Waals surface area contributed by atoms with Gasteiger partial charge in [-0.2, -0.15) is 0 Å². The number of benzene rings is 1. The zero-order chi connectivity index (χ0) is 28.0. The lowest BCUT2D eigenvalue weighted by molar-refractivity contribution is -0.231. The first-order valence-corrected chi connectivity index (χ1v) is 13.6. The van der Waals surface area contributed by atoms with E-state index in [1.165, 1.54) is 12.1 Å². The number of hydrogen-bond donors (Lipinski definition) is 3. The number of aliphatic imine (C=N–C) groups is 1. The van der Waals surface area contributed by atoms with Gasteiger partial charge in [0.2, 0.25) is 18.1 Å². The monoisotopic (exact) mass is 550 g/mol. The van der Waals surface area contributed by atoms with E-state index in [0.29, 0.717) is 47.5 Å². The van der Waals surface area contributed by atoms with E-state index in [9.17, 15) is 9.18 Å². The molecule has 2 aliphatic rings. The number of H-pyrrole nitrogens is 1. The molecule has 1 fully saturated rings. The van der Waals surface area contributed by atoms with Crippen molar-refractivity contribution < 1.29 is 18.7 Å². The third-order valence-corrected chi connectivity index (χ3v) is 6.83. The highest BCUT2D eigenvalue weighted by Gasteiger charge is 2.40. The summed E-state index contributed by atoms with van der Waals surface area (Å²) in [4.78, 5) is 36.2. The Morgan fingerprint density at radius 3 is 2.70 bits per heavy atom. The lowest BCUT2D eigenvalue weighted by Gasteiger charge is -2.35. The number of aromatic nitrogens is 4. The predicted molar refractivity (Wildman–Crippen MR) is 149 cm³/mol. The second kappa shape index (κ2) is 12.5. The SMILES string of the molecule is CCCNC(=O)C1(C)COC(c2nc(-c3ccc(F)cc3)c(-c3ccnc(NCCCN4C=NCC4)n3)[nH]2)OC1. The number of carbonyl (C=O) groups is 1. The van der Waals surface area contributed by atoms with Gasteiger partial charge in [-0.1, -0.05) is 6.92 Å². The van der Waals surface area contributed by atoms with Gasteiger partial charge in [0.15, 0.2) is 5.82 Å². The zero-order valence-corrected chi connectivity index (χ0v) is 22.8. The maximum Gasteiger partial charge on any atom is 0.230 e. The molecule has 0 bridgehead atoms. The molecule has 0 radical (unpaired) electrons. The Kier molecular flexibility index (Phi) is 8.66. The maximum absolute atomic E-state index is 13.7. The molecule has 2 aliphatic heterocycles. The second-order valence-corrected chi connectivity index (χ2v) is 10.2.